The molecule has 1 aliphatic carbocycles. The van der Waals surface area contributed by atoms with Crippen molar-refractivity contribution < 1.29 is 19.2 Å². The summed E-state index contributed by atoms with van der Waals surface area (Å²) in [4.78, 5) is 47.5. The lowest BCUT2D eigenvalue weighted by atomic mass is 9.82. The molecular formula is C15H22BNO4S. The third-order valence-corrected chi connectivity index (χ3v) is 5.71. The van der Waals surface area contributed by atoms with Crippen molar-refractivity contribution in [2.75, 3.05) is 12.3 Å². The number of amides is 2. The lowest BCUT2D eigenvalue weighted by Crippen LogP contribution is -2.37. The van der Waals surface area contributed by atoms with E-state index in [9.17, 15) is 19.2 Å². The molecule has 5 nitrogen and oxygen atoms in total. The highest BCUT2D eigenvalue weighted by atomic mass is 32.2. The van der Waals surface area contributed by atoms with E-state index in [1.165, 1.54) is 24.5 Å². The van der Waals surface area contributed by atoms with E-state index < -0.39 is 0 Å². The van der Waals surface area contributed by atoms with Crippen LogP contribution in [0.25, 0.3) is 0 Å². The molecule has 7 heteroatoms. The second-order valence-corrected chi connectivity index (χ2v) is 7.59. The summed E-state index contributed by atoms with van der Waals surface area (Å²) in [5.41, 5.74) is 0.105. The number of hydrogen-bond donors (Lipinski definition) is 0. The molecule has 1 unspecified atom stereocenters. The van der Waals surface area contributed by atoms with Crippen LogP contribution >= 0.6 is 11.8 Å². The van der Waals surface area contributed by atoms with Gasteiger partial charge >= 0.3 is 0 Å². The minimum absolute atomic E-state index is 0.0946. The summed E-state index contributed by atoms with van der Waals surface area (Å²) in [6.07, 6.45) is 5.25. The Morgan fingerprint density at radius 2 is 1.95 bits per heavy atom. The summed E-state index contributed by atoms with van der Waals surface area (Å²) in [5, 5.41) is -0.321. The minimum atomic E-state index is -0.321. The standard InChI is InChI=1S/C15H22BNO4S/c16-13(19)5-6-22-12-7-14(20)17(15(12)21)8-10-1-3-11(9-18)4-2-10/h9-12H,1-8,16H2. The largest absolute Gasteiger partial charge is 0.312 e. The van der Waals surface area contributed by atoms with E-state index in [2.05, 4.69) is 0 Å². The van der Waals surface area contributed by atoms with Crippen LogP contribution in [0.4, 0.5) is 0 Å². The Balaban J connectivity index is 1.81. The molecule has 0 N–H and O–H groups in total. The molecule has 0 aromatic rings. The first-order valence-electron chi connectivity index (χ1n) is 7.91. The van der Waals surface area contributed by atoms with E-state index in [0.29, 0.717) is 24.6 Å². The summed E-state index contributed by atoms with van der Waals surface area (Å²) in [6, 6.07) is 0. The summed E-state index contributed by atoms with van der Waals surface area (Å²) < 4.78 is 0. The van der Waals surface area contributed by atoms with E-state index >= 15 is 0 Å². The number of carbonyl (C=O) groups is 4. The number of thioether (sulfide) groups is 1. The van der Waals surface area contributed by atoms with Gasteiger partial charge in [0.25, 0.3) is 0 Å². The molecule has 1 saturated carbocycles. The fourth-order valence-corrected chi connectivity index (χ4v) is 4.30. The van der Waals surface area contributed by atoms with Crippen molar-refractivity contribution in [3.63, 3.8) is 0 Å². The first kappa shape index (κ1) is 17.3. The Morgan fingerprint density at radius 3 is 2.55 bits per heavy atom. The number of aldehydes is 1. The highest BCUT2D eigenvalue weighted by Gasteiger charge is 2.39. The molecule has 0 aromatic heterocycles. The number of hydrogen-bond acceptors (Lipinski definition) is 5. The van der Waals surface area contributed by atoms with Crippen LogP contribution in [0.3, 0.4) is 0 Å². The van der Waals surface area contributed by atoms with Gasteiger partial charge < -0.3 is 9.59 Å². The number of imide groups is 1. The molecule has 1 atom stereocenters. The summed E-state index contributed by atoms with van der Waals surface area (Å²) in [5.74, 6) is 0.872. The van der Waals surface area contributed by atoms with Crippen LogP contribution in [0.15, 0.2) is 0 Å². The smallest absolute Gasteiger partial charge is 0.242 e. The van der Waals surface area contributed by atoms with Crippen molar-refractivity contribution in [2.45, 2.75) is 43.8 Å². The number of rotatable bonds is 7. The van der Waals surface area contributed by atoms with Gasteiger partial charge in [0, 0.05) is 31.1 Å². The average Bonchev–Trinajstić information content (AvgIpc) is 2.75. The van der Waals surface area contributed by atoms with E-state index in [-0.39, 0.29) is 35.1 Å². The lowest BCUT2D eigenvalue weighted by Gasteiger charge is -2.28. The monoisotopic (exact) mass is 323 g/mol. The van der Waals surface area contributed by atoms with E-state index in [1.807, 2.05) is 0 Å². The molecule has 1 saturated heterocycles. The zero-order valence-electron chi connectivity index (χ0n) is 13.0. The third kappa shape index (κ3) is 4.45. The maximum atomic E-state index is 12.3. The topological polar surface area (TPSA) is 71.5 Å². The summed E-state index contributed by atoms with van der Waals surface area (Å²) in [6.45, 7) is 0.493. The quantitative estimate of drug-likeness (QED) is 0.385. The molecule has 0 bridgehead atoms. The van der Waals surface area contributed by atoms with Gasteiger partial charge in [0.15, 0.2) is 7.85 Å². The average molecular weight is 323 g/mol. The highest BCUT2D eigenvalue weighted by Crippen LogP contribution is 2.31. The van der Waals surface area contributed by atoms with Crippen LogP contribution in [-0.2, 0) is 19.2 Å². The van der Waals surface area contributed by atoms with Gasteiger partial charge in [-0.15, -0.1) is 11.8 Å². The number of likely N-dealkylation sites (tertiary alicyclic amines) is 1. The van der Waals surface area contributed by atoms with Crippen molar-refractivity contribution in [3.8, 4) is 0 Å². The lowest BCUT2D eigenvalue weighted by molar-refractivity contribution is -0.139. The fraction of sp³-hybridized carbons (Fsp3) is 0.733. The van der Waals surface area contributed by atoms with Crippen LogP contribution in [-0.4, -0.2) is 54.1 Å². The van der Waals surface area contributed by atoms with Crippen molar-refractivity contribution in [2.24, 2.45) is 11.8 Å². The van der Waals surface area contributed by atoms with Gasteiger partial charge in [-0.1, -0.05) is 0 Å². The van der Waals surface area contributed by atoms with Gasteiger partial charge in [-0.2, -0.15) is 0 Å². The first-order chi connectivity index (χ1) is 10.5. The van der Waals surface area contributed by atoms with Crippen LogP contribution in [0, 0.1) is 11.8 Å². The van der Waals surface area contributed by atoms with Gasteiger partial charge in [-0.05, 0) is 31.6 Å². The van der Waals surface area contributed by atoms with Gasteiger partial charge in [0.2, 0.25) is 11.8 Å². The first-order valence-corrected chi connectivity index (χ1v) is 8.96. The Kier molecular flexibility index (Phi) is 6.23. The van der Waals surface area contributed by atoms with Gasteiger partial charge in [0.1, 0.15) is 6.29 Å². The molecule has 0 aromatic carbocycles. The Bertz CT molecular complexity index is 462. The zero-order valence-corrected chi connectivity index (χ0v) is 13.8. The molecule has 2 fully saturated rings. The maximum absolute atomic E-state index is 12.3. The van der Waals surface area contributed by atoms with Crippen LogP contribution in [0.2, 0.25) is 0 Å². The van der Waals surface area contributed by atoms with E-state index in [0.717, 1.165) is 32.0 Å². The van der Waals surface area contributed by atoms with Crippen molar-refractivity contribution >= 4 is 43.4 Å². The second kappa shape index (κ2) is 7.95. The van der Waals surface area contributed by atoms with E-state index in [4.69, 9.17) is 0 Å². The van der Waals surface area contributed by atoms with Gasteiger partial charge in [-0.3, -0.25) is 14.5 Å². The Morgan fingerprint density at radius 1 is 1.27 bits per heavy atom. The predicted octanol–water partition coefficient (Wildman–Crippen LogP) is 0.402. The van der Waals surface area contributed by atoms with Crippen LogP contribution < -0.4 is 0 Å². The molecule has 1 heterocycles. The second-order valence-electron chi connectivity index (χ2n) is 6.28. The molecule has 22 heavy (non-hydrogen) atoms. The van der Waals surface area contributed by atoms with Crippen molar-refractivity contribution in [1.29, 1.82) is 0 Å². The fourth-order valence-electron chi connectivity index (χ4n) is 3.08. The molecule has 0 radical (unpaired) electrons. The molecule has 0 spiro atoms. The molecule has 1 aliphatic heterocycles. The number of carbonyl (C=O) groups excluding carboxylic acids is 4. The minimum Gasteiger partial charge on any atom is -0.312 e. The maximum Gasteiger partial charge on any atom is 0.242 e. The molecule has 2 rings (SSSR count). The van der Waals surface area contributed by atoms with Crippen molar-refractivity contribution in [3.05, 3.63) is 0 Å². The predicted molar refractivity (Wildman–Crippen MR) is 87.3 cm³/mol. The zero-order chi connectivity index (χ0) is 16.1. The molecule has 120 valence electrons. The van der Waals surface area contributed by atoms with Crippen LogP contribution in [0.5, 0.6) is 0 Å². The molecule has 2 aliphatic rings. The van der Waals surface area contributed by atoms with Gasteiger partial charge in [-0.25, -0.2) is 0 Å². The molecule has 2 amide bonds. The SMILES string of the molecule is BC(=O)CCSC1CC(=O)N(CC2CCC(C=O)CC2)C1=O. The normalized spacial score (nSPS) is 28.9. The van der Waals surface area contributed by atoms with Crippen molar-refractivity contribution in [1.82, 2.24) is 4.90 Å². The molecular weight excluding hydrogens is 301 g/mol. The Labute approximate surface area is 136 Å². The van der Waals surface area contributed by atoms with Gasteiger partial charge in [0.05, 0.1) is 10.9 Å². The summed E-state index contributed by atoms with van der Waals surface area (Å²) >= 11 is 1.41. The Hall–Kier alpha value is -1.11. The van der Waals surface area contributed by atoms with E-state index in [1.54, 1.807) is 0 Å². The third-order valence-electron chi connectivity index (χ3n) is 4.50. The van der Waals surface area contributed by atoms with Crippen LogP contribution in [0.1, 0.15) is 38.5 Å². The number of nitrogens with zero attached hydrogens (tertiary/aromatic N) is 1. The highest BCUT2D eigenvalue weighted by molar-refractivity contribution is 8.00. The summed E-state index contributed by atoms with van der Waals surface area (Å²) in [7, 11) is 1.53.